The van der Waals surface area contributed by atoms with Crippen molar-refractivity contribution < 1.29 is 4.79 Å². The SMILES string of the molecule is CCC1CC(NCC2CCC2)CN(C(=O)C(C)C)C1. The maximum Gasteiger partial charge on any atom is 0.225 e. The number of carbonyl (C=O) groups excluding carboxylic acids is 1. The molecule has 1 saturated carbocycles. The minimum atomic E-state index is 0.128. The fourth-order valence-electron chi connectivity index (χ4n) is 3.22. The van der Waals surface area contributed by atoms with Gasteiger partial charge in [0.05, 0.1) is 0 Å². The molecule has 0 radical (unpaired) electrons. The molecule has 1 saturated heterocycles. The summed E-state index contributed by atoms with van der Waals surface area (Å²) in [5, 5.41) is 3.72. The van der Waals surface area contributed by atoms with Gasteiger partial charge in [-0.15, -0.1) is 0 Å². The molecule has 2 aliphatic rings. The molecule has 1 amide bonds. The highest BCUT2D eigenvalue weighted by atomic mass is 16.2. The van der Waals surface area contributed by atoms with E-state index >= 15 is 0 Å². The number of hydrogen-bond donors (Lipinski definition) is 1. The lowest BCUT2D eigenvalue weighted by Crippen LogP contribution is -2.53. The highest BCUT2D eigenvalue weighted by molar-refractivity contribution is 5.78. The van der Waals surface area contributed by atoms with Crippen LogP contribution in [0.4, 0.5) is 0 Å². The summed E-state index contributed by atoms with van der Waals surface area (Å²) in [6, 6.07) is 0.516. The number of likely N-dealkylation sites (tertiary alicyclic amines) is 1. The summed E-state index contributed by atoms with van der Waals surface area (Å²) in [5.74, 6) is 2.03. The van der Waals surface area contributed by atoms with E-state index in [4.69, 9.17) is 0 Å². The summed E-state index contributed by atoms with van der Waals surface area (Å²) in [5.41, 5.74) is 0. The Morgan fingerprint density at radius 1 is 1.26 bits per heavy atom. The molecule has 2 fully saturated rings. The standard InChI is InChI=1S/C16H30N2O/c1-4-13-8-15(17-9-14-6-5-7-14)11-18(10-13)16(19)12(2)3/h12-15,17H,4-11H2,1-3H3. The Labute approximate surface area is 118 Å². The van der Waals surface area contributed by atoms with Crippen LogP contribution in [-0.2, 0) is 4.79 Å². The van der Waals surface area contributed by atoms with Crippen molar-refractivity contribution in [3.63, 3.8) is 0 Å². The molecule has 0 spiro atoms. The van der Waals surface area contributed by atoms with Crippen LogP contribution in [-0.4, -0.2) is 36.5 Å². The van der Waals surface area contributed by atoms with E-state index < -0.39 is 0 Å². The molecular weight excluding hydrogens is 236 g/mol. The lowest BCUT2D eigenvalue weighted by Gasteiger charge is -2.40. The summed E-state index contributed by atoms with van der Waals surface area (Å²) in [7, 11) is 0. The lowest BCUT2D eigenvalue weighted by molar-refractivity contribution is -0.136. The van der Waals surface area contributed by atoms with Crippen molar-refractivity contribution >= 4 is 5.91 Å². The Kier molecular flexibility index (Phi) is 5.26. The second-order valence-electron chi connectivity index (χ2n) is 6.81. The van der Waals surface area contributed by atoms with Gasteiger partial charge in [0.2, 0.25) is 5.91 Å². The molecule has 2 rings (SSSR count). The highest BCUT2D eigenvalue weighted by Gasteiger charge is 2.30. The van der Waals surface area contributed by atoms with E-state index in [-0.39, 0.29) is 5.92 Å². The largest absolute Gasteiger partial charge is 0.341 e. The summed E-state index contributed by atoms with van der Waals surface area (Å²) in [4.78, 5) is 14.3. The minimum Gasteiger partial charge on any atom is -0.341 e. The second-order valence-corrected chi connectivity index (χ2v) is 6.81. The lowest BCUT2D eigenvalue weighted by atomic mass is 9.84. The molecule has 1 N–H and O–H groups in total. The smallest absolute Gasteiger partial charge is 0.225 e. The third-order valence-corrected chi connectivity index (χ3v) is 4.84. The van der Waals surface area contributed by atoms with Crippen LogP contribution >= 0.6 is 0 Å². The molecule has 19 heavy (non-hydrogen) atoms. The number of carbonyl (C=O) groups is 1. The van der Waals surface area contributed by atoms with Crippen molar-refractivity contribution in [1.29, 1.82) is 0 Å². The maximum atomic E-state index is 12.2. The van der Waals surface area contributed by atoms with E-state index in [2.05, 4.69) is 17.1 Å². The highest BCUT2D eigenvalue weighted by Crippen LogP contribution is 2.26. The average molecular weight is 266 g/mol. The summed E-state index contributed by atoms with van der Waals surface area (Å²) in [6.45, 7) is 9.31. The zero-order chi connectivity index (χ0) is 13.8. The first-order chi connectivity index (χ1) is 9.10. The van der Waals surface area contributed by atoms with Crippen LogP contribution in [0.15, 0.2) is 0 Å². The Morgan fingerprint density at radius 3 is 2.53 bits per heavy atom. The monoisotopic (exact) mass is 266 g/mol. The zero-order valence-corrected chi connectivity index (χ0v) is 12.8. The van der Waals surface area contributed by atoms with Gasteiger partial charge >= 0.3 is 0 Å². The molecule has 0 aromatic heterocycles. The van der Waals surface area contributed by atoms with Gasteiger partial charge in [-0.05, 0) is 37.6 Å². The number of nitrogens with one attached hydrogen (secondary N) is 1. The second kappa shape index (κ2) is 6.74. The van der Waals surface area contributed by atoms with Crippen LogP contribution in [0.3, 0.4) is 0 Å². The van der Waals surface area contributed by atoms with Crippen molar-refractivity contribution in [3.05, 3.63) is 0 Å². The predicted octanol–water partition coefficient (Wildman–Crippen LogP) is 2.66. The van der Waals surface area contributed by atoms with E-state index in [9.17, 15) is 4.79 Å². The van der Waals surface area contributed by atoms with Crippen molar-refractivity contribution in [2.24, 2.45) is 17.8 Å². The predicted molar refractivity (Wildman–Crippen MR) is 78.9 cm³/mol. The van der Waals surface area contributed by atoms with Crippen molar-refractivity contribution in [1.82, 2.24) is 10.2 Å². The molecule has 2 atom stereocenters. The molecule has 110 valence electrons. The first-order valence-electron chi connectivity index (χ1n) is 8.12. The van der Waals surface area contributed by atoms with Gasteiger partial charge in [0.1, 0.15) is 0 Å². The van der Waals surface area contributed by atoms with Crippen LogP contribution < -0.4 is 5.32 Å². The van der Waals surface area contributed by atoms with Crippen molar-refractivity contribution in [3.8, 4) is 0 Å². The first-order valence-corrected chi connectivity index (χ1v) is 8.12. The van der Waals surface area contributed by atoms with Gasteiger partial charge < -0.3 is 10.2 Å². The fraction of sp³-hybridized carbons (Fsp3) is 0.938. The summed E-state index contributed by atoms with van der Waals surface area (Å²) in [6.07, 6.45) is 6.62. The number of piperidine rings is 1. The van der Waals surface area contributed by atoms with Gasteiger partial charge in [0.15, 0.2) is 0 Å². The van der Waals surface area contributed by atoms with Gasteiger partial charge in [0.25, 0.3) is 0 Å². The van der Waals surface area contributed by atoms with Crippen molar-refractivity contribution in [2.45, 2.75) is 58.9 Å². The third kappa shape index (κ3) is 3.95. The molecular formula is C16H30N2O. The van der Waals surface area contributed by atoms with Crippen LogP contribution in [0.5, 0.6) is 0 Å². The third-order valence-electron chi connectivity index (χ3n) is 4.84. The summed E-state index contributed by atoms with van der Waals surface area (Å²) >= 11 is 0. The van der Waals surface area contributed by atoms with Gasteiger partial charge in [-0.3, -0.25) is 4.79 Å². The zero-order valence-electron chi connectivity index (χ0n) is 12.8. The van der Waals surface area contributed by atoms with Crippen LogP contribution in [0.1, 0.15) is 52.9 Å². The molecule has 0 aromatic rings. The Morgan fingerprint density at radius 2 is 2.00 bits per heavy atom. The van der Waals surface area contributed by atoms with Gasteiger partial charge in [-0.1, -0.05) is 33.6 Å². The number of amides is 1. The molecule has 0 aromatic carbocycles. The minimum absolute atomic E-state index is 0.128. The Hall–Kier alpha value is -0.570. The molecule has 1 aliphatic carbocycles. The number of nitrogens with zero attached hydrogens (tertiary/aromatic N) is 1. The molecule has 1 heterocycles. The van der Waals surface area contributed by atoms with Gasteiger partial charge in [-0.2, -0.15) is 0 Å². The molecule has 0 bridgehead atoms. The van der Waals surface area contributed by atoms with E-state index in [1.807, 2.05) is 13.8 Å². The van der Waals surface area contributed by atoms with Crippen LogP contribution in [0.25, 0.3) is 0 Å². The molecule has 2 unspecified atom stereocenters. The normalized spacial score (nSPS) is 28.5. The first kappa shape index (κ1) is 14.8. The topological polar surface area (TPSA) is 32.3 Å². The molecule has 3 heteroatoms. The van der Waals surface area contributed by atoms with E-state index in [0.29, 0.717) is 17.9 Å². The fourth-order valence-corrected chi connectivity index (χ4v) is 3.22. The summed E-state index contributed by atoms with van der Waals surface area (Å²) < 4.78 is 0. The van der Waals surface area contributed by atoms with E-state index in [1.165, 1.54) is 32.1 Å². The Bertz CT molecular complexity index is 299. The van der Waals surface area contributed by atoms with Crippen molar-refractivity contribution in [2.75, 3.05) is 19.6 Å². The Balaban J connectivity index is 1.85. The molecule has 1 aliphatic heterocycles. The maximum absolute atomic E-state index is 12.2. The van der Waals surface area contributed by atoms with Gasteiger partial charge in [-0.25, -0.2) is 0 Å². The number of rotatable bonds is 5. The average Bonchev–Trinajstić information content (AvgIpc) is 2.35. The van der Waals surface area contributed by atoms with Crippen LogP contribution in [0, 0.1) is 17.8 Å². The van der Waals surface area contributed by atoms with E-state index in [1.54, 1.807) is 0 Å². The van der Waals surface area contributed by atoms with Crippen LogP contribution in [0.2, 0.25) is 0 Å². The quantitative estimate of drug-likeness (QED) is 0.829. The van der Waals surface area contributed by atoms with E-state index in [0.717, 1.165) is 25.6 Å². The van der Waals surface area contributed by atoms with Gasteiger partial charge in [0, 0.05) is 25.0 Å². The molecule has 3 nitrogen and oxygen atoms in total. The number of hydrogen-bond acceptors (Lipinski definition) is 2.